The second-order valence-corrected chi connectivity index (χ2v) is 5.46. The van der Waals surface area contributed by atoms with Crippen molar-refractivity contribution in [3.05, 3.63) is 29.3 Å². The number of likely N-dealkylation sites (tertiary alicyclic amines) is 1. The third-order valence-corrected chi connectivity index (χ3v) is 3.74. The van der Waals surface area contributed by atoms with E-state index in [9.17, 15) is 13.6 Å². The van der Waals surface area contributed by atoms with E-state index >= 15 is 0 Å². The Morgan fingerprint density at radius 3 is 2.80 bits per heavy atom. The summed E-state index contributed by atoms with van der Waals surface area (Å²) in [6.45, 7) is 3.75. The largest absolute Gasteiger partial charge is 0.396 e. The molecule has 0 radical (unpaired) electrons. The monoisotopic (exact) mass is 283 g/mol. The van der Waals surface area contributed by atoms with Gasteiger partial charge in [0.2, 0.25) is 0 Å². The van der Waals surface area contributed by atoms with Crippen LogP contribution in [-0.4, -0.2) is 37.0 Å². The molecule has 4 nitrogen and oxygen atoms in total. The molecule has 2 rings (SSSR count). The minimum Gasteiger partial charge on any atom is -0.396 e. The molecule has 2 unspecified atom stereocenters. The first-order valence-corrected chi connectivity index (χ1v) is 6.62. The summed E-state index contributed by atoms with van der Waals surface area (Å²) in [5, 5.41) is 2.77. The van der Waals surface area contributed by atoms with Gasteiger partial charge in [0, 0.05) is 12.6 Å². The molecule has 1 aromatic rings. The Morgan fingerprint density at radius 2 is 2.15 bits per heavy atom. The van der Waals surface area contributed by atoms with Gasteiger partial charge in [-0.1, -0.05) is 6.92 Å². The molecule has 2 atom stereocenters. The van der Waals surface area contributed by atoms with Crippen molar-refractivity contribution in [3.63, 3.8) is 0 Å². The number of carbonyl (C=O) groups excluding carboxylic acids is 1. The molecule has 1 heterocycles. The fraction of sp³-hybridized carbons (Fsp3) is 0.500. The maximum absolute atomic E-state index is 13.8. The molecule has 110 valence electrons. The molecule has 1 amide bonds. The molecule has 0 spiro atoms. The summed E-state index contributed by atoms with van der Waals surface area (Å²) in [6, 6.07) is 1.70. The maximum atomic E-state index is 13.8. The zero-order valence-electron chi connectivity index (χ0n) is 11.6. The molecule has 3 N–H and O–H groups in total. The van der Waals surface area contributed by atoms with E-state index in [1.807, 2.05) is 14.0 Å². The number of nitrogens with zero attached hydrogens (tertiary/aromatic N) is 1. The van der Waals surface area contributed by atoms with Gasteiger partial charge in [0.05, 0.1) is 11.3 Å². The number of nitrogens with one attached hydrogen (secondary N) is 1. The minimum atomic E-state index is -0.871. The van der Waals surface area contributed by atoms with Gasteiger partial charge in [-0.2, -0.15) is 0 Å². The molecule has 0 aromatic heterocycles. The number of piperidine rings is 1. The van der Waals surface area contributed by atoms with Crippen LogP contribution in [0.5, 0.6) is 0 Å². The average Bonchev–Trinajstić information content (AvgIpc) is 2.37. The van der Waals surface area contributed by atoms with Gasteiger partial charge < -0.3 is 16.0 Å². The Bertz CT molecular complexity index is 521. The van der Waals surface area contributed by atoms with Gasteiger partial charge in [-0.3, -0.25) is 4.79 Å². The normalized spacial score (nSPS) is 23.6. The maximum Gasteiger partial charge on any atom is 0.254 e. The molecule has 1 saturated heterocycles. The van der Waals surface area contributed by atoms with Crippen LogP contribution >= 0.6 is 0 Å². The van der Waals surface area contributed by atoms with E-state index in [1.54, 1.807) is 0 Å². The number of carbonyl (C=O) groups is 1. The number of nitrogens with two attached hydrogens (primary N) is 1. The van der Waals surface area contributed by atoms with Crippen molar-refractivity contribution in [1.29, 1.82) is 0 Å². The summed E-state index contributed by atoms with van der Waals surface area (Å²) in [6.07, 6.45) is 0.788. The highest BCUT2D eigenvalue weighted by atomic mass is 19.1. The highest BCUT2D eigenvalue weighted by Gasteiger charge is 2.27. The van der Waals surface area contributed by atoms with Gasteiger partial charge in [0.1, 0.15) is 5.82 Å². The van der Waals surface area contributed by atoms with Gasteiger partial charge >= 0.3 is 0 Å². The second kappa shape index (κ2) is 5.75. The Balaban J connectivity index is 2.13. The van der Waals surface area contributed by atoms with Gasteiger partial charge in [0.25, 0.3) is 5.91 Å². The number of halogens is 2. The first kappa shape index (κ1) is 14.7. The van der Waals surface area contributed by atoms with Crippen molar-refractivity contribution in [2.24, 2.45) is 5.92 Å². The van der Waals surface area contributed by atoms with Crippen LogP contribution in [0.2, 0.25) is 0 Å². The standard InChI is InChI=1S/C14H19F2N3O/c1-8-7-19(2)4-3-12(8)18-14(20)10-5-9(15)6-11(17)13(10)16/h5-6,8,12H,3-4,7,17H2,1-2H3,(H,18,20). The number of nitrogen functional groups attached to an aromatic ring is 1. The van der Waals surface area contributed by atoms with Crippen LogP contribution in [0.3, 0.4) is 0 Å². The number of amides is 1. The van der Waals surface area contributed by atoms with Crippen LogP contribution in [0.4, 0.5) is 14.5 Å². The summed E-state index contributed by atoms with van der Waals surface area (Å²) >= 11 is 0. The Morgan fingerprint density at radius 1 is 1.45 bits per heavy atom. The molecule has 20 heavy (non-hydrogen) atoms. The van der Waals surface area contributed by atoms with Crippen LogP contribution in [0.25, 0.3) is 0 Å². The molecular weight excluding hydrogens is 264 g/mol. The Kier molecular flexibility index (Phi) is 4.23. The van der Waals surface area contributed by atoms with Gasteiger partial charge in [-0.15, -0.1) is 0 Å². The molecule has 1 aromatic carbocycles. The molecule has 0 aliphatic carbocycles. The lowest BCUT2D eigenvalue weighted by atomic mass is 9.94. The molecule has 1 aliphatic rings. The van der Waals surface area contributed by atoms with Crippen molar-refractivity contribution in [2.45, 2.75) is 19.4 Å². The fourth-order valence-electron chi connectivity index (χ4n) is 2.59. The van der Waals surface area contributed by atoms with Crippen molar-refractivity contribution in [1.82, 2.24) is 10.2 Å². The topological polar surface area (TPSA) is 58.4 Å². The quantitative estimate of drug-likeness (QED) is 0.811. The van der Waals surface area contributed by atoms with E-state index in [0.29, 0.717) is 0 Å². The molecule has 1 aliphatic heterocycles. The number of hydrogen-bond acceptors (Lipinski definition) is 3. The van der Waals surface area contributed by atoms with Crippen molar-refractivity contribution < 1.29 is 13.6 Å². The summed E-state index contributed by atoms with van der Waals surface area (Å²) in [7, 11) is 2.02. The summed E-state index contributed by atoms with van der Waals surface area (Å²) in [5.74, 6) is -1.95. The lowest BCUT2D eigenvalue weighted by molar-refractivity contribution is 0.0879. The first-order valence-electron chi connectivity index (χ1n) is 6.62. The van der Waals surface area contributed by atoms with E-state index in [4.69, 9.17) is 5.73 Å². The van der Waals surface area contributed by atoms with Crippen molar-refractivity contribution >= 4 is 11.6 Å². The molecular formula is C14H19F2N3O. The third kappa shape index (κ3) is 3.07. The third-order valence-electron chi connectivity index (χ3n) is 3.74. The predicted octanol–water partition coefficient (Wildman–Crippen LogP) is 1.62. The zero-order valence-corrected chi connectivity index (χ0v) is 11.6. The molecule has 0 saturated carbocycles. The molecule has 0 bridgehead atoms. The van der Waals surface area contributed by atoms with E-state index in [0.717, 1.165) is 31.6 Å². The second-order valence-electron chi connectivity index (χ2n) is 5.46. The van der Waals surface area contributed by atoms with Gasteiger partial charge in [-0.05, 0) is 38.1 Å². The smallest absolute Gasteiger partial charge is 0.254 e. The number of anilines is 1. The highest BCUT2D eigenvalue weighted by molar-refractivity contribution is 5.95. The van der Waals surface area contributed by atoms with Crippen LogP contribution in [-0.2, 0) is 0 Å². The van der Waals surface area contributed by atoms with Crippen LogP contribution in [0, 0.1) is 17.6 Å². The first-order chi connectivity index (χ1) is 9.38. The van der Waals surface area contributed by atoms with E-state index in [2.05, 4.69) is 10.2 Å². The van der Waals surface area contributed by atoms with Crippen molar-refractivity contribution in [3.8, 4) is 0 Å². The predicted molar refractivity (Wildman–Crippen MR) is 73.3 cm³/mol. The lowest BCUT2D eigenvalue weighted by Crippen LogP contribution is -2.49. The Labute approximate surface area is 116 Å². The Hall–Kier alpha value is -1.69. The van der Waals surface area contributed by atoms with Crippen molar-refractivity contribution in [2.75, 3.05) is 25.9 Å². The van der Waals surface area contributed by atoms with Gasteiger partial charge in [0.15, 0.2) is 5.82 Å². The zero-order chi connectivity index (χ0) is 14.9. The minimum absolute atomic E-state index is 0.0393. The number of rotatable bonds is 2. The molecule has 6 heteroatoms. The van der Waals surface area contributed by atoms with Crippen LogP contribution in [0.1, 0.15) is 23.7 Å². The SMILES string of the molecule is CC1CN(C)CCC1NC(=O)c1cc(F)cc(N)c1F. The number of benzene rings is 1. The lowest BCUT2D eigenvalue weighted by Gasteiger charge is -2.35. The van der Waals surface area contributed by atoms with E-state index < -0.39 is 17.5 Å². The fourth-order valence-corrected chi connectivity index (χ4v) is 2.59. The highest BCUT2D eigenvalue weighted by Crippen LogP contribution is 2.20. The summed E-state index contributed by atoms with van der Waals surface area (Å²) < 4.78 is 27.0. The molecule has 1 fully saturated rings. The van der Waals surface area contributed by atoms with Crippen LogP contribution < -0.4 is 11.1 Å². The van der Waals surface area contributed by atoms with Crippen LogP contribution in [0.15, 0.2) is 12.1 Å². The van der Waals surface area contributed by atoms with Gasteiger partial charge in [-0.25, -0.2) is 8.78 Å². The summed E-state index contributed by atoms with van der Waals surface area (Å²) in [4.78, 5) is 14.3. The summed E-state index contributed by atoms with van der Waals surface area (Å²) in [5.41, 5.74) is 4.64. The van der Waals surface area contributed by atoms with E-state index in [-0.39, 0.29) is 23.2 Å². The average molecular weight is 283 g/mol. The van der Waals surface area contributed by atoms with E-state index in [1.165, 1.54) is 0 Å². The number of hydrogen-bond donors (Lipinski definition) is 2.